The minimum absolute atomic E-state index is 0.0161. The highest BCUT2D eigenvalue weighted by Gasteiger charge is 2.45. The fourth-order valence-electron chi connectivity index (χ4n) is 6.88. The summed E-state index contributed by atoms with van der Waals surface area (Å²) in [6.45, 7) is 37.9. The first-order valence-corrected chi connectivity index (χ1v) is 20.5. The zero-order chi connectivity index (χ0) is 29.2. The topological polar surface area (TPSA) is 24.1 Å². The standard InChI is InChI=1S/C34H56N2Si2/c1-21-23(3)33(11,29(27(21)37(13)14)35-31(5,6)7)25-17-19-26(20-18-25)34(12)24(4)22(2)28(38(15)16)30(34)36-32(8,9)10/h17-20,35-38H,1-16H3. The van der Waals surface area contributed by atoms with E-state index in [1.807, 2.05) is 0 Å². The zero-order valence-corrected chi connectivity index (χ0v) is 29.8. The van der Waals surface area contributed by atoms with Gasteiger partial charge in [-0.25, -0.2) is 0 Å². The lowest BCUT2D eigenvalue weighted by atomic mass is 9.72. The summed E-state index contributed by atoms with van der Waals surface area (Å²) in [7, 11) is -2.06. The van der Waals surface area contributed by atoms with Crippen molar-refractivity contribution in [2.24, 2.45) is 0 Å². The Bertz CT molecular complexity index is 1130. The van der Waals surface area contributed by atoms with Gasteiger partial charge in [0.2, 0.25) is 0 Å². The maximum atomic E-state index is 3.99. The van der Waals surface area contributed by atoms with Crippen LogP contribution in [-0.2, 0) is 10.8 Å². The Labute approximate surface area is 238 Å². The van der Waals surface area contributed by atoms with E-state index in [1.54, 1.807) is 10.4 Å². The summed E-state index contributed by atoms with van der Waals surface area (Å²) in [4.78, 5) is 0. The molecule has 0 amide bonds. The smallest absolute Gasteiger partial charge is 0.0674 e. The fourth-order valence-corrected chi connectivity index (χ4v) is 10.9. The average molecular weight is 549 g/mol. The predicted molar refractivity (Wildman–Crippen MR) is 175 cm³/mol. The third-order valence-corrected chi connectivity index (χ3v) is 12.9. The third-order valence-electron chi connectivity index (χ3n) is 9.17. The molecule has 38 heavy (non-hydrogen) atoms. The number of allylic oxidation sites excluding steroid dienone is 6. The van der Waals surface area contributed by atoms with Gasteiger partial charge >= 0.3 is 0 Å². The Hall–Kier alpha value is -1.79. The van der Waals surface area contributed by atoms with Gasteiger partial charge in [-0.3, -0.25) is 0 Å². The second kappa shape index (κ2) is 10.00. The highest BCUT2D eigenvalue weighted by atomic mass is 28.3. The third kappa shape index (κ3) is 5.08. The summed E-state index contributed by atoms with van der Waals surface area (Å²) in [5.41, 5.74) is 11.4. The Morgan fingerprint density at radius 3 is 1.03 bits per heavy atom. The van der Waals surface area contributed by atoms with E-state index in [-0.39, 0.29) is 21.9 Å². The van der Waals surface area contributed by atoms with E-state index in [4.69, 9.17) is 0 Å². The van der Waals surface area contributed by atoms with Crippen molar-refractivity contribution in [2.75, 3.05) is 0 Å². The molecule has 2 atom stereocenters. The Balaban J connectivity index is 2.20. The van der Waals surface area contributed by atoms with Gasteiger partial charge in [0.25, 0.3) is 0 Å². The molecule has 0 heterocycles. The highest BCUT2D eigenvalue weighted by molar-refractivity contribution is 6.66. The van der Waals surface area contributed by atoms with Crippen molar-refractivity contribution in [3.63, 3.8) is 0 Å². The Morgan fingerprint density at radius 2 is 0.816 bits per heavy atom. The molecular formula is C34H56N2Si2. The SMILES string of the molecule is CC1=C(C)C(C)(c2ccc(C3(C)C(C)=C(C)C([SiH](C)C)=C3NC(C)(C)C)cc2)C(NC(C)(C)C)=C1[SiH](C)C. The van der Waals surface area contributed by atoms with Crippen LogP contribution in [0.25, 0.3) is 0 Å². The molecule has 0 saturated carbocycles. The predicted octanol–water partition coefficient (Wildman–Crippen LogP) is 8.24. The molecule has 2 aliphatic rings. The van der Waals surface area contributed by atoms with Gasteiger partial charge in [-0.05, 0) is 105 Å². The molecule has 2 nitrogen and oxygen atoms in total. The van der Waals surface area contributed by atoms with Crippen LogP contribution in [0.2, 0.25) is 26.2 Å². The number of hydrogen-bond donors (Lipinski definition) is 2. The second-order valence-corrected chi connectivity index (χ2v) is 20.7. The molecule has 2 N–H and O–H groups in total. The van der Waals surface area contributed by atoms with Crippen LogP contribution in [0.4, 0.5) is 0 Å². The molecule has 0 aliphatic heterocycles. The summed E-state index contributed by atoms with van der Waals surface area (Å²) in [5.74, 6) is 0. The van der Waals surface area contributed by atoms with E-state index < -0.39 is 17.6 Å². The molecule has 1 aromatic carbocycles. The van der Waals surface area contributed by atoms with Gasteiger partial charge in [-0.2, -0.15) is 0 Å². The lowest BCUT2D eigenvalue weighted by Crippen LogP contribution is -2.44. The van der Waals surface area contributed by atoms with E-state index >= 15 is 0 Å². The Kier molecular flexibility index (Phi) is 8.09. The van der Waals surface area contributed by atoms with Crippen LogP contribution in [0.5, 0.6) is 0 Å². The second-order valence-electron chi connectivity index (χ2n) is 15.0. The van der Waals surface area contributed by atoms with Crippen molar-refractivity contribution in [1.29, 1.82) is 0 Å². The minimum atomic E-state index is -1.03. The van der Waals surface area contributed by atoms with Crippen LogP contribution in [-0.4, -0.2) is 28.7 Å². The normalized spacial score (nSPS) is 25.1. The maximum Gasteiger partial charge on any atom is 0.0674 e. The van der Waals surface area contributed by atoms with Crippen molar-refractivity contribution in [2.45, 2.75) is 131 Å². The number of hydrogen-bond acceptors (Lipinski definition) is 2. The molecule has 0 bridgehead atoms. The van der Waals surface area contributed by atoms with Gasteiger partial charge in [0, 0.05) is 22.5 Å². The molecule has 0 radical (unpaired) electrons. The van der Waals surface area contributed by atoms with Crippen LogP contribution in [0, 0.1) is 0 Å². The summed E-state index contributed by atoms with van der Waals surface area (Å²) in [6, 6.07) is 9.70. The fraction of sp³-hybridized carbons (Fsp3) is 0.588. The van der Waals surface area contributed by atoms with Crippen LogP contribution in [0.15, 0.2) is 68.3 Å². The average Bonchev–Trinajstić information content (AvgIpc) is 3.08. The molecule has 0 spiro atoms. The minimum Gasteiger partial charge on any atom is -0.383 e. The Morgan fingerprint density at radius 1 is 0.553 bits per heavy atom. The molecule has 210 valence electrons. The molecule has 4 heteroatoms. The van der Waals surface area contributed by atoms with E-state index in [1.165, 1.54) is 44.8 Å². The van der Waals surface area contributed by atoms with E-state index in [2.05, 4.69) is 144 Å². The zero-order valence-electron chi connectivity index (χ0n) is 27.5. The number of rotatable bonds is 6. The molecule has 2 aliphatic carbocycles. The van der Waals surface area contributed by atoms with E-state index in [0.717, 1.165) is 0 Å². The monoisotopic (exact) mass is 548 g/mol. The van der Waals surface area contributed by atoms with Crippen molar-refractivity contribution < 1.29 is 0 Å². The van der Waals surface area contributed by atoms with Crippen LogP contribution in [0.1, 0.15) is 94.2 Å². The number of nitrogens with one attached hydrogen (secondary N) is 2. The lowest BCUT2D eigenvalue weighted by molar-refractivity contribution is 0.432. The van der Waals surface area contributed by atoms with Crippen LogP contribution < -0.4 is 10.6 Å². The van der Waals surface area contributed by atoms with Crippen LogP contribution >= 0.6 is 0 Å². The van der Waals surface area contributed by atoms with Gasteiger partial charge in [0.05, 0.1) is 28.4 Å². The van der Waals surface area contributed by atoms with E-state index in [9.17, 15) is 0 Å². The first kappa shape index (κ1) is 30.8. The molecule has 0 saturated heterocycles. The first-order valence-electron chi connectivity index (χ1n) is 14.7. The summed E-state index contributed by atoms with van der Waals surface area (Å²) >= 11 is 0. The lowest BCUT2D eigenvalue weighted by Gasteiger charge is -2.39. The van der Waals surface area contributed by atoms with Crippen molar-refractivity contribution in [3.8, 4) is 0 Å². The molecule has 0 fully saturated rings. The summed E-state index contributed by atoms with van der Waals surface area (Å²) in [6.07, 6.45) is 0. The van der Waals surface area contributed by atoms with E-state index in [0.29, 0.717) is 0 Å². The molecule has 1 aromatic rings. The van der Waals surface area contributed by atoms with Crippen LogP contribution in [0.3, 0.4) is 0 Å². The molecule has 2 unspecified atom stereocenters. The first-order chi connectivity index (χ1) is 17.2. The quantitative estimate of drug-likeness (QED) is 0.350. The largest absolute Gasteiger partial charge is 0.383 e. The van der Waals surface area contributed by atoms with Crippen molar-refractivity contribution in [1.82, 2.24) is 10.6 Å². The van der Waals surface area contributed by atoms with Gasteiger partial charge in [-0.15, -0.1) is 0 Å². The van der Waals surface area contributed by atoms with Gasteiger partial charge in [-0.1, -0.05) is 72.7 Å². The maximum absolute atomic E-state index is 3.99. The highest BCUT2D eigenvalue weighted by Crippen LogP contribution is 2.51. The van der Waals surface area contributed by atoms with Gasteiger partial charge in [0.1, 0.15) is 0 Å². The molecule has 0 aromatic heterocycles. The number of benzene rings is 1. The summed E-state index contributed by atoms with van der Waals surface area (Å²) < 4.78 is 0. The van der Waals surface area contributed by atoms with Gasteiger partial charge in [0.15, 0.2) is 0 Å². The van der Waals surface area contributed by atoms with Gasteiger partial charge < -0.3 is 10.6 Å². The van der Waals surface area contributed by atoms with Crippen molar-refractivity contribution in [3.05, 3.63) is 79.5 Å². The van der Waals surface area contributed by atoms with Crippen molar-refractivity contribution >= 4 is 17.6 Å². The molecular weight excluding hydrogens is 493 g/mol. The molecule has 3 rings (SSSR count). The summed E-state index contributed by atoms with van der Waals surface area (Å²) in [5, 5.41) is 11.2.